The van der Waals surface area contributed by atoms with Crippen LogP contribution in [-0.2, 0) is 4.79 Å². The molecule has 0 aromatic heterocycles. The molecule has 3 rings (SSSR count). The lowest BCUT2D eigenvalue weighted by Gasteiger charge is -2.12. The van der Waals surface area contributed by atoms with Gasteiger partial charge in [-0.15, -0.1) is 0 Å². The molecule has 0 spiro atoms. The summed E-state index contributed by atoms with van der Waals surface area (Å²) >= 11 is 3.51. The summed E-state index contributed by atoms with van der Waals surface area (Å²) in [5.41, 5.74) is 0.415. The molecule has 26 heavy (non-hydrogen) atoms. The Morgan fingerprint density at radius 3 is 2.62 bits per heavy atom. The quantitative estimate of drug-likeness (QED) is 0.457. The maximum absolute atomic E-state index is 12.1. The highest BCUT2D eigenvalue weighted by Gasteiger charge is 2.13. The molecule has 0 fully saturated rings. The molecule has 6 heteroatoms. The molecule has 0 unspecified atom stereocenters. The van der Waals surface area contributed by atoms with E-state index in [2.05, 4.69) is 15.9 Å². The Morgan fingerprint density at radius 2 is 1.85 bits per heavy atom. The van der Waals surface area contributed by atoms with Gasteiger partial charge in [-0.2, -0.15) is 5.26 Å². The van der Waals surface area contributed by atoms with Crippen LogP contribution in [0.15, 0.2) is 59.1 Å². The van der Waals surface area contributed by atoms with E-state index in [1.54, 1.807) is 12.1 Å². The molecule has 0 heterocycles. The van der Waals surface area contributed by atoms with Crippen LogP contribution in [0, 0.1) is 11.3 Å². The normalized spacial score (nSPS) is 10.2. The van der Waals surface area contributed by atoms with Gasteiger partial charge in [-0.1, -0.05) is 30.3 Å². The summed E-state index contributed by atoms with van der Waals surface area (Å²) in [6.07, 6.45) is 0. The van der Waals surface area contributed by atoms with Crippen LogP contribution in [0.25, 0.3) is 10.8 Å². The number of nitrogens with zero attached hydrogens (tertiary/aromatic N) is 1. The number of nitriles is 1. The first-order valence-electron chi connectivity index (χ1n) is 7.71. The largest absolute Gasteiger partial charge is 0.493 e. The molecule has 0 aliphatic carbocycles. The van der Waals surface area contributed by atoms with Crippen molar-refractivity contribution in [2.45, 2.75) is 0 Å². The van der Waals surface area contributed by atoms with E-state index in [1.807, 2.05) is 36.4 Å². The van der Waals surface area contributed by atoms with Crippen molar-refractivity contribution >= 4 is 32.7 Å². The highest BCUT2D eigenvalue weighted by molar-refractivity contribution is 9.10. The third-order valence-corrected chi connectivity index (χ3v) is 4.51. The monoisotopic (exact) mass is 411 g/mol. The maximum Gasteiger partial charge on any atom is 0.349 e. The molecule has 0 amide bonds. The number of benzene rings is 3. The Hall–Kier alpha value is -3.04. The van der Waals surface area contributed by atoms with Gasteiger partial charge in [0.1, 0.15) is 5.75 Å². The lowest BCUT2D eigenvalue weighted by molar-refractivity contribution is -0.136. The van der Waals surface area contributed by atoms with Crippen molar-refractivity contribution in [1.82, 2.24) is 0 Å². The van der Waals surface area contributed by atoms with Gasteiger partial charge in [0.05, 0.1) is 23.2 Å². The zero-order valence-corrected chi connectivity index (χ0v) is 15.4. The van der Waals surface area contributed by atoms with Crippen molar-refractivity contribution in [2.24, 2.45) is 0 Å². The van der Waals surface area contributed by atoms with Gasteiger partial charge in [-0.3, -0.25) is 0 Å². The predicted octanol–water partition coefficient (Wildman–Crippen LogP) is 4.47. The number of halogens is 1. The lowest BCUT2D eigenvalue weighted by atomic mass is 10.1. The zero-order valence-electron chi connectivity index (χ0n) is 13.9. The molecule has 0 saturated carbocycles. The van der Waals surface area contributed by atoms with E-state index in [0.717, 1.165) is 15.2 Å². The summed E-state index contributed by atoms with van der Waals surface area (Å²) in [6, 6.07) is 18.1. The second-order valence-corrected chi connectivity index (χ2v) is 6.13. The average Bonchev–Trinajstić information content (AvgIpc) is 2.68. The van der Waals surface area contributed by atoms with Crippen LogP contribution in [0.2, 0.25) is 0 Å². The molecule has 0 aliphatic rings. The lowest BCUT2D eigenvalue weighted by Crippen LogP contribution is -2.18. The molecule has 3 aromatic rings. The van der Waals surface area contributed by atoms with Gasteiger partial charge in [0, 0.05) is 6.07 Å². The van der Waals surface area contributed by atoms with Crippen LogP contribution in [0.5, 0.6) is 17.2 Å². The highest BCUT2D eigenvalue weighted by atomic mass is 79.9. The number of hydrogen-bond donors (Lipinski definition) is 0. The predicted molar refractivity (Wildman–Crippen MR) is 100 cm³/mol. The molecule has 130 valence electrons. The van der Waals surface area contributed by atoms with Gasteiger partial charge < -0.3 is 14.2 Å². The molecule has 3 aromatic carbocycles. The molecule has 0 radical (unpaired) electrons. The van der Waals surface area contributed by atoms with Crippen LogP contribution in [-0.4, -0.2) is 19.7 Å². The number of esters is 1. The van der Waals surface area contributed by atoms with Crippen LogP contribution >= 0.6 is 15.9 Å². The SMILES string of the molecule is COc1cc(C#N)ccc1OC(=O)COc1ccc2ccccc2c1Br. The van der Waals surface area contributed by atoms with Gasteiger partial charge >= 0.3 is 5.97 Å². The number of hydrogen-bond acceptors (Lipinski definition) is 5. The summed E-state index contributed by atoms with van der Waals surface area (Å²) < 4.78 is 16.8. The van der Waals surface area contributed by atoms with E-state index < -0.39 is 5.97 Å². The van der Waals surface area contributed by atoms with Gasteiger partial charge in [-0.25, -0.2) is 4.79 Å². The Bertz CT molecular complexity index is 1010. The van der Waals surface area contributed by atoms with Crippen molar-refractivity contribution in [3.05, 3.63) is 64.6 Å². The fourth-order valence-corrected chi connectivity index (χ4v) is 3.04. The summed E-state index contributed by atoms with van der Waals surface area (Å²) in [6.45, 7) is -0.264. The number of carbonyl (C=O) groups is 1. The van der Waals surface area contributed by atoms with Crippen molar-refractivity contribution in [1.29, 1.82) is 5.26 Å². The van der Waals surface area contributed by atoms with Crippen molar-refractivity contribution < 1.29 is 19.0 Å². The van der Waals surface area contributed by atoms with Crippen LogP contribution in [0.1, 0.15) is 5.56 Å². The molecule has 0 saturated heterocycles. The zero-order chi connectivity index (χ0) is 18.5. The average molecular weight is 412 g/mol. The summed E-state index contributed by atoms with van der Waals surface area (Å²) in [7, 11) is 1.44. The minimum absolute atomic E-state index is 0.234. The van der Waals surface area contributed by atoms with Crippen molar-refractivity contribution in [2.75, 3.05) is 13.7 Å². The summed E-state index contributed by atoms with van der Waals surface area (Å²) in [5, 5.41) is 11.0. The number of methoxy groups -OCH3 is 1. The first-order chi connectivity index (χ1) is 12.6. The van der Waals surface area contributed by atoms with E-state index in [0.29, 0.717) is 17.1 Å². The molecule has 0 aliphatic heterocycles. The van der Waals surface area contributed by atoms with Crippen molar-refractivity contribution in [3.8, 4) is 23.3 Å². The third-order valence-electron chi connectivity index (χ3n) is 3.69. The first-order valence-corrected chi connectivity index (χ1v) is 8.50. The summed E-state index contributed by atoms with van der Waals surface area (Å²) in [4.78, 5) is 12.1. The van der Waals surface area contributed by atoms with E-state index in [4.69, 9.17) is 19.5 Å². The van der Waals surface area contributed by atoms with Crippen LogP contribution in [0.3, 0.4) is 0 Å². The fraction of sp³-hybridized carbons (Fsp3) is 0.100. The second-order valence-electron chi connectivity index (χ2n) is 5.34. The number of fused-ring (bicyclic) bond motifs is 1. The first kappa shape index (κ1) is 17.8. The molecule has 0 atom stereocenters. The Balaban J connectivity index is 1.70. The van der Waals surface area contributed by atoms with E-state index in [9.17, 15) is 4.79 Å². The number of carbonyl (C=O) groups excluding carboxylic acids is 1. The Kier molecular flexibility index (Phi) is 5.40. The standard InChI is InChI=1S/C20H14BrNO4/c1-24-18-10-13(11-22)6-8-16(18)26-19(23)12-25-17-9-7-14-4-2-3-5-15(14)20(17)21/h2-10H,12H2,1H3. The number of ether oxygens (including phenoxy) is 3. The second kappa shape index (κ2) is 7.89. The van der Waals surface area contributed by atoms with Gasteiger partial charge in [0.15, 0.2) is 18.1 Å². The highest BCUT2D eigenvalue weighted by Crippen LogP contribution is 2.33. The van der Waals surface area contributed by atoms with E-state index in [-0.39, 0.29) is 12.4 Å². The molecule has 5 nitrogen and oxygen atoms in total. The van der Waals surface area contributed by atoms with Gasteiger partial charge in [0.2, 0.25) is 0 Å². The van der Waals surface area contributed by atoms with Gasteiger partial charge in [-0.05, 0) is 44.9 Å². The van der Waals surface area contributed by atoms with E-state index >= 15 is 0 Å². The fourth-order valence-electron chi connectivity index (χ4n) is 2.44. The smallest absolute Gasteiger partial charge is 0.349 e. The number of rotatable bonds is 5. The van der Waals surface area contributed by atoms with E-state index in [1.165, 1.54) is 19.2 Å². The van der Waals surface area contributed by atoms with Gasteiger partial charge in [0.25, 0.3) is 0 Å². The molecular weight excluding hydrogens is 398 g/mol. The molecule has 0 N–H and O–H groups in total. The van der Waals surface area contributed by atoms with Crippen LogP contribution < -0.4 is 14.2 Å². The minimum Gasteiger partial charge on any atom is -0.493 e. The molecule has 0 bridgehead atoms. The molecular formula is C20H14BrNO4. The maximum atomic E-state index is 12.1. The Morgan fingerprint density at radius 1 is 1.08 bits per heavy atom. The minimum atomic E-state index is -0.576. The van der Waals surface area contributed by atoms with Crippen LogP contribution in [0.4, 0.5) is 0 Å². The Labute approximate surface area is 158 Å². The summed E-state index contributed by atoms with van der Waals surface area (Å²) in [5.74, 6) is 0.516. The van der Waals surface area contributed by atoms with Crippen molar-refractivity contribution in [3.63, 3.8) is 0 Å². The third kappa shape index (κ3) is 3.79. The topological polar surface area (TPSA) is 68.5 Å².